The molecule has 2 heterocycles. The molecule has 1 aliphatic heterocycles. The van der Waals surface area contributed by atoms with Gasteiger partial charge in [-0.1, -0.05) is 36.8 Å². The van der Waals surface area contributed by atoms with Crippen LogP contribution in [0.1, 0.15) is 56.3 Å². The highest BCUT2D eigenvalue weighted by molar-refractivity contribution is 5.95. The monoisotopic (exact) mass is 471 g/mol. The third kappa shape index (κ3) is 3.98. The predicted octanol–water partition coefficient (Wildman–Crippen LogP) is 3.89. The highest BCUT2D eigenvalue weighted by Gasteiger charge is 2.56. The highest BCUT2D eigenvalue weighted by Crippen LogP contribution is 2.50. The van der Waals surface area contributed by atoms with Gasteiger partial charge in [0, 0.05) is 19.1 Å². The maximum atomic E-state index is 13.9. The number of hydrogen-bond donors (Lipinski definition) is 1. The molecule has 182 valence electrons. The fourth-order valence-corrected chi connectivity index (χ4v) is 6.11. The van der Waals surface area contributed by atoms with E-state index in [1.807, 2.05) is 22.9 Å². The lowest BCUT2D eigenvalue weighted by atomic mass is 9.66. The second kappa shape index (κ2) is 9.04. The van der Waals surface area contributed by atoms with Gasteiger partial charge < -0.3 is 10.2 Å². The Labute approximate surface area is 207 Å². The number of amides is 2. The summed E-state index contributed by atoms with van der Waals surface area (Å²) in [7, 11) is 3.71. The second-order valence-electron chi connectivity index (χ2n) is 10.3. The Bertz CT molecular complexity index is 1130. The van der Waals surface area contributed by atoms with Crippen molar-refractivity contribution in [3.05, 3.63) is 54.1 Å². The van der Waals surface area contributed by atoms with Crippen LogP contribution in [0.4, 0.5) is 10.5 Å². The summed E-state index contributed by atoms with van der Waals surface area (Å²) in [5.74, 6) is 0.520. The van der Waals surface area contributed by atoms with Crippen LogP contribution in [-0.4, -0.2) is 59.8 Å². The molecule has 0 atom stereocenters. The molecule has 3 aliphatic rings. The largest absolute Gasteiger partial charge is 0.325 e. The molecule has 0 radical (unpaired) electrons. The summed E-state index contributed by atoms with van der Waals surface area (Å²) in [4.78, 5) is 30.4. The van der Waals surface area contributed by atoms with Crippen molar-refractivity contribution in [2.24, 2.45) is 10.4 Å². The summed E-state index contributed by atoms with van der Waals surface area (Å²) >= 11 is 0. The molecule has 2 amide bonds. The first-order valence-electron chi connectivity index (χ1n) is 12.5. The zero-order valence-electron chi connectivity index (χ0n) is 20.6. The van der Waals surface area contributed by atoms with Crippen molar-refractivity contribution < 1.29 is 4.79 Å². The molecule has 2 aliphatic carbocycles. The SMILES string of the molecule is CN=Cc1ncc(N2CC3(CCC(NC)(c4ccccc4)CC3)N(CC3(C#N)CCC3)C2=O)cn1. The van der Waals surface area contributed by atoms with Gasteiger partial charge in [0.1, 0.15) is 0 Å². The highest BCUT2D eigenvalue weighted by atomic mass is 16.2. The van der Waals surface area contributed by atoms with E-state index in [4.69, 9.17) is 0 Å². The lowest BCUT2D eigenvalue weighted by molar-refractivity contribution is 0.0411. The number of nitriles is 1. The number of nitrogens with one attached hydrogen (secondary N) is 1. The maximum absolute atomic E-state index is 13.9. The van der Waals surface area contributed by atoms with Gasteiger partial charge in [-0.2, -0.15) is 5.26 Å². The van der Waals surface area contributed by atoms with Crippen LogP contribution in [0, 0.1) is 16.7 Å². The molecule has 1 saturated heterocycles. The smallest absolute Gasteiger partial charge is 0.315 e. The number of nitrogens with zero attached hydrogens (tertiary/aromatic N) is 6. The van der Waals surface area contributed by atoms with Crippen molar-refractivity contribution in [1.82, 2.24) is 20.2 Å². The number of urea groups is 1. The summed E-state index contributed by atoms with van der Waals surface area (Å²) in [6, 6.07) is 13.1. The fraction of sp³-hybridized carbons (Fsp3) is 0.519. The Hall–Kier alpha value is -3.31. The number of benzene rings is 1. The van der Waals surface area contributed by atoms with Crippen molar-refractivity contribution in [3.63, 3.8) is 0 Å². The van der Waals surface area contributed by atoms with Gasteiger partial charge in [-0.3, -0.25) is 9.89 Å². The molecule has 1 aromatic heterocycles. The second-order valence-corrected chi connectivity index (χ2v) is 10.3. The minimum Gasteiger partial charge on any atom is -0.315 e. The summed E-state index contributed by atoms with van der Waals surface area (Å²) < 4.78 is 0. The normalized spacial score (nSPS) is 27.9. The van der Waals surface area contributed by atoms with Crippen LogP contribution in [0.3, 0.4) is 0 Å². The number of aromatic nitrogens is 2. The molecular weight excluding hydrogens is 438 g/mol. The minimum atomic E-state index is -0.423. The molecule has 0 bridgehead atoms. The maximum Gasteiger partial charge on any atom is 0.325 e. The van der Waals surface area contributed by atoms with Gasteiger partial charge in [-0.25, -0.2) is 14.8 Å². The van der Waals surface area contributed by atoms with Crippen LogP contribution in [-0.2, 0) is 5.54 Å². The summed E-state index contributed by atoms with van der Waals surface area (Å²) in [5, 5.41) is 13.6. The zero-order chi connectivity index (χ0) is 24.5. The van der Waals surface area contributed by atoms with Crippen LogP contribution in [0.15, 0.2) is 47.7 Å². The van der Waals surface area contributed by atoms with Crippen LogP contribution < -0.4 is 10.2 Å². The molecular formula is C27H33N7O. The van der Waals surface area contributed by atoms with Crippen LogP contribution in [0.25, 0.3) is 0 Å². The first-order valence-corrected chi connectivity index (χ1v) is 12.5. The average Bonchev–Trinajstić information content (AvgIpc) is 3.14. The van der Waals surface area contributed by atoms with Crippen molar-refractivity contribution in [2.45, 2.75) is 56.0 Å². The molecule has 35 heavy (non-hydrogen) atoms. The number of rotatable bonds is 6. The number of hydrogen-bond acceptors (Lipinski definition) is 6. The number of anilines is 1. The number of carbonyl (C=O) groups excluding carboxylic acids is 1. The molecule has 8 nitrogen and oxygen atoms in total. The standard InChI is InChI=1S/C27H33N7O/c1-29-17-23-31-15-22(16-32-23)33-20-26(34(24(33)35)19-25(18-28)9-6-10-25)11-13-27(30-2,14-12-26)21-7-4-3-5-8-21/h3-5,7-8,15-17,30H,6,9-14,19-20H2,1-2H3. The zero-order valence-corrected chi connectivity index (χ0v) is 20.6. The lowest BCUT2D eigenvalue weighted by Crippen LogP contribution is -2.57. The van der Waals surface area contributed by atoms with Crippen molar-refractivity contribution in [2.75, 3.05) is 32.1 Å². The number of carbonyl (C=O) groups is 1. The van der Waals surface area contributed by atoms with Gasteiger partial charge in [-0.05, 0) is 51.1 Å². The summed E-state index contributed by atoms with van der Waals surface area (Å²) in [6.45, 7) is 1.09. The van der Waals surface area contributed by atoms with E-state index in [0.717, 1.165) is 44.9 Å². The third-order valence-electron chi connectivity index (χ3n) is 8.55. The van der Waals surface area contributed by atoms with E-state index >= 15 is 0 Å². The molecule has 8 heteroatoms. The van der Waals surface area contributed by atoms with Crippen molar-refractivity contribution in [1.29, 1.82) is 5.26 Å². The average molecular weight is 472 g/mol. The van der Waals surface area contributed by atoms with Crippen molar-refractivity contribution >= 4 is 17.9 Å². The van der Waals surface area contributed by atoms with E-state index < -0.39 is 5.41 Å². The number of aliphatic imine (C=N–C) groups is 1. The molecule has 2 saturated carbocycles. The Balaban J connectivity index is 1.45. The minimum absolute atomic E-state index is 0.0382. The Morgan fingerprint density at radius 1 is 1.11 bits per heavy atom. The molecule has 5 rings (SSSR count). The molecule has 2 aromatic rings. The first kappa shape index (κ1) is 23.4. The molecule has 3 fully saturated rings. The van der Waals surface area contributed by atoms with Gasteiger partial charge >= 0.3 is 6.03 Å². The van der Waals surface area contributed by atoms with Crippen LogP contribution in [0.2, 0.25) is 0 Å². The quantitative estimate of drug-likeness (QED) is 0.645. The molecule has 1 aromatic carbocycles. The Kier molecular flexibility index (Phi) is 6.06. The fourth-order valence-electron chi connectivity index (χ4n) is 6.11. The molecule has 0 unspecified atom stereocenters. The predicted molar refractivity (Wildman–Crippen MR) is 135 cm³/mol. The third-order valence-corrected chi connectivity index (χ3v) is 8.55. The summed E-state index contributed by atoms with van der Waals surface area (Å²) in [5.41, 5.74) is 1.14. The van der Waals surface area contributed by atoms with Gasteiger partial charge in [0.25, 0.3) is 0 Å². The van der Waals surface area contributed by atoms with E-state index in [1.54, 1.807) is 25.7 Å². The van der Waals surface area contributed by atoms with E-state index in [9.17, 15) is 10.1 Å². The van der Waals surface area contributed by atoms with Crippen molar-refractivity contribution in [3.8, 4) is 6.07 Å². The van der Waals surface area contributed by atoms with E-state index in [1.165, 1.54) is 5.56 Å². The van der Waals surface area contributed by atoms with E-state index in [-0.39, 0.29) is 17.1 Å². The van der Waals surface area contributed by atoms with Gasteiger partial charge in [0.15, 0.2) is 5.82 Å². The Morgan fingerprint density at radius 2 is 1.80 bits per heavy atom. The van der Waals surface area contributed by atoms with Gasteiger partial charge in [0.05, 0.1) is 47.9 Å². The first-order chi connectivity index (χ1) is 17.0. The lowest BCUT2D eigenvalue weighted by Gasteiger charge is -2.50. The van der Waals surface area contributed by atoms with E-state index in [0.29, 0.717) is 24.6 Å². The molecule has 1 spiro atoms. The van der Waals surface area contributed by atoms with E-state index in [2.05, 4.69) is 50.6 Å². The Morgan fingerprint density at radius 3 is 2.34 bits per heavy atom. The topological polar surface area (TPSA) is 97.5 Å². The molecule has 1 N–H and O–H groups in total. The van der Waals surface area contributed by atoms with Gasteiger partial charge in [-0.15, -0.1) is 0 Å². The van der Waals surface area contributed by atoms with Gasteiger partial charge in [0.2, 0.25) is 0 Å². The summed E-state index contributed by atoms with van der Waals surface area (Å²) in [6.07, 6.45) is 11.4. The van der Waals surface area contributed by atoms with Crippen LogP contribution in [0.5, 0.6) is 0 Å². The van der Waals surface area contributed by atoms with Crippen LogP contribution >= 0.6 is 0 Å².